The van der Waals surface area contributed by atoms with Gasteiger partial charge >= 0.3 is 0 Å². The lowest BCUT2D eigenvalue weighted by Gasteiger charge is -2.04. The molecule has 0 aliphatic carbocycles. The fraction of sp³-hybridized carbons (Fsp3) is 0.273. The van der Waals surface area contributed by atoms with E-state index in [1.54, 1.807) is 6.33 Å². The van der Waals surface area contributed by atoms with Crippen LogP contribution in [0.2, 0.25) is 0 Å². The number of rotatable bonds is 4. The molecular formula is C11H13N3O. The molecule has 0 amide bonds. The van der Waals surface area contributed by atoms with Crippen molar-refractivity contribution in [3.63, 3.8) is 0 Å². The Morgan fingerprint density at radius 1 is 1.27 bits per heavy atom. The van der Waals surface area contributed by atoms with Crippen molar-refractivity contribution < 1.29 is 4.74 Å². The minimum Gasteiger partial charge on any atom is -0.493 e. The summed E-state index contributed by atoms with van der Waals surface area (Å²) in [5.41, 5.74) is 0. The maximum Gasteiger partial charge on any atom is 0.135 e. The molecule has 0 saturated carbocycles. The molecule has 0 fully saturated rings. The Morgan fingerprint density at radius 2 is 2.07 bits per heavy atom. The summed E-state index contributed by atoms with van der Waals surface area (Å²) < 4.78 is 7.45. The summed E-state index contributed by atoms with van der Waals surface area (Å²) >= 11 is 0. The fourth-order valence-electron chi connectivity index (χ4n) is 1.31. The highest BCUT2D eigenvalue weighted by Crippen LogP contribution is 2.08. The molecule has 15 heavy (non-hydrogen) atoms. The van der Waals surface area contributed by atoms with Gasteiger partial charge in [-0.15, -0.1) is 10.2 Å². The minimum atomic E-state index is 0.622. The molecule has 1 aromatic heterocycles. The van der Waals surface area contributed by atoms with E-state index in [9.17, 15) is 0 Å². The summed E-state index contributed by atoms with van der Waals surface area (Å²) in [4.78, 5) is 0. The number of aromatic nitrogens is 3. The molecule has 0 saturated heterocycles. The highest BCUT2D eigenvalue weighted by Gasteiger charge is 2.00. The van der Waals surface area contributed by atoms with E-state index in [4.69, 9.17) is 4.74 Å². The Labute approximate surface area is 88.5 Å². The molecule has 2 rings (SSSR count). The molecule has 0 spiro atoms. The highest BCUT2D eigenvalue weighted by atomic mass is 16.5. The van der Waals surface area contributed by atoms with Gasteiger partial charge in [-0.05, 0) is 12.1 Å². The summed E-state index contributed by atoms with van der Waals surface area (Å²) in [7, 11) is 1.93. The predicted octanol–water partition coefficient (Wildman–Crippen LogP) is 1.44. The summed E-state index contributed by atoms with van der Waals surface area (Å²) in [6.07, 6.45) is 2.46. The van der Waals surface area contributed by atoms with E-state index >= 15 is 0 Å². The van der Waals surface area contributed by atoms with Crippen LogP contribution >= 0.6 is 0 Å². The summed E-state index contributed by atoms with van der Waals surface area (Å²) in [6, 6.07) is 9.76. The van der Waals surface area contributed by atoms with Gasteiger partial charge in [-0.2, -0.15) is 0 Å². The lowest BCUT2D eigenvalue weighted by molar-refractivity contribution is 0.317. The molecule has 0 unspecified atom stereocenters. The number of aryl methyl sites for hydroxylation is 1. The third-order valence-electron chi connectivity index (χ3n) is 2.14. The van der Waals surface area contributed by atoms with Crippen LogP contribution in [-0.2, 0) is 13.5 Å². The predicted molar refractivity (Wildman–Crippen MR) is 56.6 cm³/mol. The topological polar surface area (TPSA) is 39.9 Å². The zero-order chi connectivity index (χ0) is 10.5. The standard InChI is InChI=1S/C11H13N3O/c1-14-9-12-13-11(14)7-8-15-10-5-3-2-4-6-10/h2-6,9H,7-8H2,1H3. The van der Waals surface area contributed by atoms with Crippen LogP contribution in [0.4, 0.5) is 0 Å². The first kappa shape index (κ1) is 9.71. The van der Waals surface area contributed by atoms with Gasteiger partial charge in [0.25, 0.3) is 0 Å². The Bertz CT molecular complexity index is 411. The van der Waals surface area contributed by atoms with Gasteiger partial charge in [0.1, 0.15) is 17.9 Å². The van der Waals surface area contributed by atoms with Crippen molar-refractivity contribution in [1.82, 2.24) is 14.8 Å². The van der Waals surface area contributed by atoms with Crippen LogP contribution in [0.25, 0.3) is 0 Å². The molecule has 0 bridgehead atoms. The quantitative estimate of drug-likeness (QED) is 0.754. The van der Waals surface area contributed by atoms with Gasteiger partial charge in [0.15, 0.2) is 0 Å². The Kier molecular flexibility index (Phi) is 2.97. The van der Waals surface area contributed by atoms with Crippen molar-refractivity contribution in [1.29, 1.82) is 0 Å². The minimum absolute atomic E-state index is 0.622. The van der Waals surface area contributed by atoms with Crippen molar-refractivity contribution in [2.45, 2.75) is 6.42 Å². The number of hydrogen-bond acceptors (Lipinski definition) is 3. The van der Waals surface area contributed by atoms with E-state index in [2.05, 4.69) is 10.2 Å². The zero-order valence-electron chi connectivity index (χ0n) is 8.63. The van der Waals surface area contributed by atoms with Crippen molar-refractivity contribution in [3.05, 3.63) is 42.5 Å². The summed E-state index contributed by atoms with van der Waals surface area (Å²) in [6.45, 7) is 0.622. The van der Waals surface area contributed by atoms with Crippen LogP contribution in [0.3, 0.4) is 0 Å². The van der Waals surface area contributed by atoms with E-state index in [-0.39, 0.29) is 0 Å². The first-order chi connectivity index (χ1) is 7.36. The largest absolute Gasteiger partial charge is 0.493 e. The van der Waals surface area contributed by atoms with E-state index in [0.717, 1.165) is 18.0 Å². The number of para-hydroxylation sites is 1. The summed E-state index contributed by atoms with van der Waals surface area (Å²) in [5, 5.41) is 7.78. The monoisotopic (exact) mass is 203 g/mol. The maximum atomic E-state index is 5.55. The lowest BCUT2D eigenvalue weighted by atomic mass is 10.3. The fourth-order valence-corrected chi connectivity index (χ4v) is 1.31. The smallest absolute Gasteiger partial charge is 0.135 e. The second kappa shape index (κ2) is 4.59. The third kappa shape index (κ3) is 2.56. The molecule has 0 aliphatic rings. The van der Waals surface area contributed by atoms with Gasteiger partial charge in [-0.3, -0.25) is 0 Å². The number of hydrogen-bond donors (Lipinski definition) is 0. The molecule has 0 aliphatic heterocycles. The van der Waals surface area contributed by atoms with Gasteiger partial charge in [-0.25, -0.2) is 0 Å². The molecule has 1 aromatic carbocycles. The Morgan fingerprint density at radius 3 is 2.73 bits per heavy atom. The Hall–Kier alpha value is -1.84. The molecule has 2 aromatic rings. The van der Waals surface area contributed by atoms with Crippen molar-refractivity contribution in [3.8, 4) is 5.75 Å². The van der Waals surface area contributed by atoms with E-state index in [1.165, 1.54) is 0 Å². The average molecular weight is 203 g/mol. The van der Waals surface area contributed by atoms with Crippen LogP contribution in [0.15, 0.2) is 36.7 Å². The maximum absolute atomic E-state index is 5.55. The molecule has 78 valence electrons. The molecule has 0 radical (unpaired) electrons. The van der Waals surface area contributed by atoms with E-state index in [0.29, 0.717) is 6.61 Å². The van der Waals surface area contributed by atoms with Crippen LogP contribution in [0.1, 0.15) is 5.82 Å². The van der Waals surface area contributed by atoms with Gasteiger partial charge in [-0.1, -0.05) is 18.2 Å². The van der Waals surface area contributed by atoms with Crippen molar-refractivity contribution in [2.24, 2.45) is 7.05 Å². The normalized spacial score (nSPS) is 10.2. The van der Waals surface area contributed by atoms with Gasteiger partial charge < -0.3 is 9.30 Å². The first-order valence-electron chi connectivity index (χ1n) is 4.87. The second-order valence-electron chi connectivity index (χ2n) is 3.27. The molecular weight excluding hydrogens is 190 g/mol. The van der Waals surface area contributed by atoms with Crippen LogP contribution < -0.4 is 4.74 Å². The molecule has 1 heterocycles. The Balaban J connectivity index is 1.83. The van der Waals surface area contributed by atoms with Crippen LogP contribution in [-0.4, -0.2) is 21.4 Å². The molecule has 4 heteroatoms. The molecule has 0 N–H and O–H groups in total. The SMILES string of the molecule is Cn1cnnc1CCOc1ccccc1. The average Bonchev–Trinajstić information content (AvgIpc) is 2.66. The van der Waals surface area contributed by atoms with Gasteiger partial charge in [0, 0.05) is 13.5 Å². The van der Waals surface area contributed by atoms with Crippen LogP contribution in [0.5, 0.6) is 5.75 Å². The van der Waals surface area contributed by atoms with Crippen molar-refractivity contribution >= 4 is 0 Å². The van der Waals surface area contributed by atoms with Crippen LogP contribution in [0, 0.1) is 0 Å². The van der Waals surface area contributed by atoms with Crippen molar-refractivity contribution in [2.75, 3.05) is 6.61 Å². The summed E-state index contributed by atoms with van der Waals surface area (Å²) in [5.74, 6) is 1.82. The highest BCUT2D eigenvalue weighted by molar-refractivity contribution is 5.20. The lowest BCUT2D eigenvalue weighted by Crippen LogP contribution is -2.06. The molecule has 0 atom stereocenters. The van der Waals surface area contributed by atoms with Gasteiger partial charge in [0.2, 0.25) is 0 Å². The first-order valence-corrected chi connectivity index (χ1v) is 4.87. The number of nitrogens with zero attached hydrogens (tertiary/aromatic N) is 3. The van der Waals surface area contributed by atoms with Gasteiger partial charge in [0.05, 0.1) is 6.61 Å². The van der Waals surface area contributed by atoms with E-state index < -0.39 is 0 Å². The molecule has 4 nitrogen and oxygen atoms in total. The number of benzene rings is 1. The third-order valence-corrected chi connectivity index (χ3v) is 2.14. The van der Waals surface area contributed by atoms with E-state index in [1.807, 2.05) is 41.9 Å². The second-order valence-corrected chi connectivity index (χ2v) is 3.27. The zero-order valence-corrected chi connectivity index (χ0v) is 8.63. The number of ether oxygens (including phenoxy) is 1.